The number of ether oxygens (including phenoxy) is 1. The van der Waals surface area contributed by atoms with Crippen LogP contribution in [-0.2, 0) is 4.79 Å². The van der Waals surface area contributed by atoms with Crippen molar-refractivity contribution in [3.63, 3.8) is 0 Å². The lowest BCUT2D eigenvalue weighted by Crippen LogP contribution is -2.34. The molecule has 3 aromatic rings. The summed E-state index contributed by atoms with van der Waals surface area (Å²) in [6.45, 7) is 3.28. The average Bonchev–Trinajstić information content (AvgIpc) is 2.81. The van der Waals surface area contributed by atoms with E-state index in [1.54, 1.807) is 56.3 Å². The van der Waals surface area contributed by atoms with E-state index in [-0.39, 0.29) is 17.5 Å². The highest BCUT2D eigenvalue weighted by atomic mass is 16.5. The number of hydrogen-bond donors (Lipinski definition) is 1. The second-order valence-electron chi connectivity index (χ2n) is 8.94. The molecule has 0 spiro atoms. The van der Waals surface area contributed by atoms with Crippen molar-refractivity contribution in [3.05, 3.63) is 70.9 Å². The van der Waals surface area contributed by atoms with Crippen LogP contribution in [0.5, 0.6) is 11.8 Å². The third-order valence-electron chi connectivity index (χ3n) is 5.32. The Morgan fingerprint density at radius 1 is 1.03 bits per heavy atom. The van der Waals surface area contributed by atoms with Crippen LogP contribution in [0.4, 0.5) is 0 Å². The van der Waals surface area contributed by atoms with Gasteiger partial charge in [0.25, 0.3) is 0 Å². The van der Waals surface area contributed by atoms with Crippen molar-refractivity contribution in [1.29, 1.82) is 5.26 Å². The van der Waals surface area contributed by atoms with Crippen LogP contribution in [0.2, 0.25) is 0 Å². The first-order valence-corrected chi connectivity index (χ1v) is 10.6. The molecule has 1 aliphatic rings. The monoisotopic (exact) mass is 458 g/mol. The van der Waals surface area contributed by atoms with Crippen molar-refractivity contribution in [1.82, 2.24) is 14.9 Å². The lowest BCUT2D eigenvalue weighted by Gasteiger charge is -2.35. The lowest BCUT2D eigenvalue weighted by atomic mass is 9.71. The predicted molar refractivity (Wildman–Crippen MR) is 127 cm³/mol. The van der Waals surface area contributed by atoms with Crippen LogP contribution in [0.15, 0.2) is 48.5 Å². The van der Waals surface area contributed by atoms with Gasteiger partial charge in [0.05, 0.1) is 11.1 Å². The minimum absolute atomic E-state index is 0.171. The summed E-state index contributed by atoms with van der Waals surface area (Å²) in [5, 5.41) is 19.0. The molecule has 8 nitrogen and oxygen atoms in total. The molecule has 1 aliphatic heterocycles. The molecule has 3 heterocycles. The quantitative estimate of drug-likeness (QED) is 0.574. The van der Waals surface area contributed by atoms with Gasteiger partial charge in [-0.2, -0.15) is 5.26 Å². The fourth-order valence-corrected chi connectivity index (χ4v) is 3.62. The number of carboxylic acids is 1. The van der Waals surface area contributed by atoms with Crippen molar-refractivity contribution >= 4 is 12.3 Å². The fourth-order valence-electron chi connectivity index (χ4n) is 3.62. The van der Waals surface area contributed by atoms with Gasteiger partial charge in [0.15, 0.2) is 0 Å². The van der Waals surface area contributed by atoms with E-state index in [0.29, 0.717) is 22.4 Å². The smallest absolute Gasteiger partial charge is 0.310 e. The molecule has 8 heteroatoms. The Labute approximate surface area is 198 Å². The van der Waals surface area contributed by atoms with Gasteiger partial charge in [-0.05, 0) is 47.1 Å². The van der Waals surface area contributed by atoms with Gasteiger partial charge < -0.3 is 14.7 Å². The molecule has 0 amide bonds. The molecule has 34 heavy (non-hydrogen) atoms. The molecule has 0 saturated heterocycles. The molecule has 0 aliphatic carbocycles. The van der Waals surface area contributed by atoms with Crippen molar-refractivity contribution in [3.8, 4) is 29.1 Å². The van der Waals surface area contributed by atoms with E-state index in [1.807, 2.05) is 38.2 Å². The summed E-state index contributed by atoms with van der Waals surface area (Å²) >= 11 is 0. The van der Waals surface area contributed by atoms with Crippen molar-refractivity contribution in [2.24, 2.45) is 5.41 Å². The zero-order valence-corrected chi connectivity index (χ0v) is 19.7. The van der Waals surface area contributed by atoms with Gasteiger partial charge >= 0.3 is 5.97 Å². The molecule has 0 fully saturated rings. The minimum Gasteiger partial charge on any atom is -0.481 e. The van der Waals surface area contributed by atoms with Crippen LogP contribution >= 0.6 is 0 Å². The van der Waals surface area contributed by atoms with Crippen LogP contribution in [0, 0.1) is 16.7 Å². The van der Waals surface area contributed by atoms with Crippen molar-refractivity contribution in [2.75, 3.05) is 21.1 Å². The van der Waals surface area contributed by atoms with Gasteiger partial charge in [0.1, 0.15) is 18.0 Å². The Bertz CT molecular complexity index is 1260. The Morgan fingerprint density at radius 3 is 2.12 bits per heavy atom. The van der Waals surface area contributed by atoms with Gasteiger partial charge in [-0.3, -0.25) is 9.59 Å². The molecule has 1 atom stereocenters. The number of rotatable bonds is 4. The number of nitriles is 1. The Balaban J connectivity index is 0.000000751. The first-order valence-electron chi connectivity index (χ1n) is 10.6. The highest BCUT2D eigenvalue weighted by molar-refractivity contribution is 5.78. The molecular weight excluding hydrogens is 432 g/mol. The number of hydrogen-bond acceptors (Lipinski definition) is 7. The second-order valence-corrected chi connectivity index (χ2v) is 8.94. The van der Waals surface area contributed by atoms with Crippen molar-refractivity contribution in [2.45, 2.75) is 19.8 Å². The average molecular weight is 459 g/mol. The first kappa shape index (κ1) is 24.6. The SMILES string of the molecule is CC(C)(C(=O)O)C1c2ccc(C#N)nc2Oc2nc(-c3ccc(C=O)cc3)ccc21.CN(C)C. The van der Waals surface area contributed by atoms with Crippen LogP contribution in [0.3, 0.4) is 0 Å². The summed E-state index contributed by atoms with van der Waals surface area (Å²) in [6.07, 6.45) is 0.765. The number of aliphatic carboxylic acids is 1. The molecule has 174 valence electrons. The fraction of sp³-hybridized carbons (Fsp3) is 0.269. The first-order chi connectivity index (χ1) is 16.1. The number of carboxylic acid groups (broad SMARTS) is 1. The number of aldehydes is 1. The number of nitrogens with zero attached hydrogens (tertiary/aromatic N) is 4. The highest BCUT2D eigenvalue weighted by Crippen LogP contribution is 2.51. The number of carbonyl (C=O) groups excluding carboxylic acids is 1. The minimum atomic E-state index is -1.17. The molecule has 4 rings (SSSR count). The molecule has 0 bridgehead atoms. The zero-order valence-electron chi connectivity index (χ0n) is 19.7. The number of aromatic nitrogens is 2. The number of fused-ring (bicyclic) bond motifs is 2. The van der Waals surface area contributed by atoms with E-state index in [2.05, 4.69) is 9.97 Å². The van der Waals surface area contributed by atoms with Crippen LogP contribution in [-0.4, -0.2) is 53.4 Å². The van der Waals surface area contributed by atoms with E-state index >= 15 is 0 Å². The maximum absolute atomic E-state index is 12.0. The van der Waals surface area contributed by atoms with Gasteiger partial charge in [0.2, 0.25) is 11.8 Å². The molecule has 2 aromatic heterocycles. The standard InChI is InChI=1S/C23H17N3O4.C3H9N/c1-23(2,22(28)29)19-16-8-7-15(11-24)25-20(16)30-21-17(19)9-10-18(26-21)14-5-3-13(12-27)4-6-14;1-4(2)3/h3-10,12,19H,1-2H3,(H,28,29);1-3H3. The molecule has 0 saturated carbocycles. The Hall–Kier alpha value is -4.09. The topological polar surface area (TPSA) is 116 Å². The van der Waals surface area contributed by atoms with Gasteiger partial charge in [-0.1, -0.05) is 36.4 Å². The summed E-state index contributed by atoms with van der Waals surface area (Å²) in [4.78, 5) is 33.7. The molecular formula is C26H26N4O4. The summed E-state index contributed by atoms with van der Waals surface area (Å²) in [5.74, 6) is -1.10. The number of benzene rings is 1. The third-order valence-corrected chi connectivity index (χ3v) is 5.32. The number of pyridine rings is 2. The Morgan fingerprint density at radius 2 is 1.59 bits per heavy atom. The predicted octanol–water partition coefficient (Wildman–Crippen LogP) is 4.35. The Kier molecular flexibility index (Phi) is 7.08. The molecule has 1 aromatic carbocycles. The van der Waals surface area contributed by atoms with E-state index in [0.717, 1.165) is 11.8 Å². The van der Waals surface area contributed by atoms with E-state index in [9.17, 15) is 20.0 Å². The number of carbonyl (C=O) groups is 2. The lowest BCUT2D eigenvalue weighted by molar-refractivity contribution is -0.147. The van der Waals surface area contributed by atoms with Crippen LogP contribution in [0.25, 0.3) is 11.3 Å². The maximum atomic E-state index is 12.0. The van der Waals surface area contributed by atoms with Gasteiger partial charge in [0, 0.05) is 28.2 Å². The highest BCUT2D eigenvalue weighted by Gasteiger charge is 2.44. The normalized spacial score (nSPS) is 14.0. The van der Waals surface area contributed by atoms with Gasteiger partial charge in [-0.15, -0.1) is 0 Å². The summed E-state index contributed by atoms with van der Waals surface area (Å²) in [7, 11) is 6.00. The summed E-state index contributed by atoms with van der Waals surface area (Å²) < 4.78 is 5.91. The van der Waals surface area contributed by atoms with Gasteiger partial charge in [-0.25, -0.2) is 9.97 Å². The van der Waals surface area contributed by atoms with E-state index in [4.69, 9.17) is 4.74 Å². The zero-order chi connectivity index (χ0) is 25.0. The van der Waals surface area contributed by atoms with Crippen LogP contribution < -0.4 is 4.74 Å². The van der Waals surface area contributed by atoms with E-state index < -0.39 is 17.3 Å². The molecule has 1 N–H and O–H groups in total. The summed E-state index contributed by atoms with van der Waals surface area (Å²) in [5.41, 5.74) is 2.18. The summed E-state index contributed by atoms with van der Waals surface area (Å²) in [6, 6.07) is 15.7. The largest absolute Gasteiger partial charge is 0.481 e. The van der Waals surface area contributed by atoms with Crippen molar-refractivity contribution < 1.29 is 19.4 Å². The maximum Gasteiger partial charge on any atom is 0.310 e. The van der Waals surface area contributed by atoms with Crippen LogP contribution in [0.1, 0.15) is 46.9 Å². The molecule has 0 radical (unpaired) electrons. The third kappa shape index (κ3) is 4.95. The molecule has 1 unspecified atom stereocenters. The van der Waals surface area contributed by atoms with E-state index in [1.165, 1.54) is 0 Å². The second kappa shape index (κ2) is 9.81.